The Balaban J connectivity index is 1.64. The van der Waals surface area contributed by atoms with Gasteiger partial charge in [0.1, 0.15) is 5.75 Å². The molecule has 0 spiro atoms. The van der Waals surface area contributed by atoms with Gasteiger partial charge in [-0.3, -0.25) is 0 Å². The molecule has 1 aromatic heterocycles. The van der Waals surface area contributed by atoms with E-state index in [0.29, 0.717) is 6.04 Å². The molecule has 19 heavy (non-hydrogen) atoms. The van der Waals surface area contributed by atoms with Crippen molar-refractivity contribution in [1.29, 1.82) is 0 Å². The largest absolute Gasteiger partial charge is 0.493 e. The van der Waals surface area contributed by atoms with Gasteiger partial charge in [-0.2, -0.15) is 0 Å². The number of ether oxygens (including phenoxy) is 1. The van der Waals surface area contributed by atoms with E-state index in [1.165, 1.54) is 10.6 Å². The maximum absolute atomic E-state index is 5.69. The normalized spacial score (nSPS) is 17.8. The van der Waals surface area contributed by atoms with E-state index in [2.05, 4.69) is 32.3 Å². The molecule has 1 aliphatic rings. The van der Waals surface area contributed by atoms with E-state index in [9.17, 15) is 0 Å². The predicted octanol–water partition coefficient (Wildman–Crippen LogP) is 3.56. The fraction of sp³-hybridized carbons (Fsp3) is 0.357. The highest BCUT2D eigenvalue weighted by molar-refractivity contribution is 9.10. The third-order valence-electron chi connectivity index (χ3n) is 3.22. The quantitative estimate of drug-likeness (QED) is 0.925. The van der Waals surface area contributed by atoms with Gasteiger partial charge in [-0.1, -0.05) is 15.9 Å². The zero-order valence-corrected chi connectivity index (χ0v) is 12.8. The van der Waals surface area contributed by atoms with Gasteiger partial charge >= 0.3 is 0 Å². The van der Waals surface area contributed by atoms with Crippen molar-refractivity contribution in [3.05, 3.63) is 44.8 Å². The van der Waals surface area contributed by atoms with E-state index in [-0.39, 0.29) is 0 Å². The van der Waals surface area contributed by atoms with Crippen molar-refractivity contribution in [3.8, 4) is 5.75 Å². The van der Waals surface area contributed by atoms with E-state index in [4.69, 9.17) is 4.74 Å². The van der Waals surface area contributed by atoms with Crippen LogP contribution in [0.2, 0.25) is 0 Å². The first-order chi connectivity index (χ1) is 9.33. The van der Waals surface area contributed by atoms with Gasteiger partial charge in [0, 0.05) is 47.0 Å². The molecule has 0 saturated heterocycles. The van der Waals surface area contributed by atoms with Crippen LogP contribution in [0.1, 0.15) is 23.0 Å². The average Bonchev–Trinajstić information content (AvgIpc) is 2.92. The van der Waals surface area contributed by atoms with Crippen LogP contribution in [0.5, 0.6) is 5.75 Å². The zero-order valence-electron chi connectivity index (χ0n) is 10.4. The molecular formula is C14H15BrN2OS. The second-order valence-electron chi connectivity index (χ2n) is 4.50. The summed E-state index contributed by atoms with van der Waals surface area (Å²) < 4.78 is 6.79. The van der Waals surface area contributed by atoms with Gasteiger partial charge in [-0.05, 0) is 18.2 Å². The van der Waals surface area contributed by atoms with E-state index < -0.39 is 0 Å². The average molecular weight is 339 g/mol. The summed E-state index contributed by atoms with van der Waals surface area (Å²) in [7, 11) is 0. The summed E-state index contributed by atoms with van der Waals surface area (Å²) >= 11 is 5.24. The monoisotopic (exact) mass is 338 g/mol. The number of hydrogen-bond acceptors (Lipinski definition) is 4. The van der Waals surface area contributed by atoms with Gasteiger partial charge in [0.2, 0.25) is 0 Å². The molecule has 1 atom stereocenters. The Morgan fingerprint density at radius 3 is 3.26 bits per heavy atom. The van der Waals surface area contributed by atoms with Crippen LogP contribution in [0.25, 0.3) is 0 Å². The molecule has 1 N–H and O–H groups in total. The summed E-state index contributed by atoms with van der Waals surface area (Å²) in [6, 6.07) is 6.58. The molecule has 0 bridgehead atoms. The number of fused-ring (bicyclic) bond motifs is 1. The fourth-order valence-corrected chi connectivity index (χ4v) is 3.31. The summed E-state index contributed by atoms with van der Waals surface area (Å²) in [5, 5.41) is 6.82. The minimum absolute atomic E-state index is 0.376. The number of hydrogen-bond donors (Lipinski definition) is 1. The van der Waals surface area contributed by atoms with Crippen LogP contribution >= 0.6 is 27.3 Å². The number of rotatable bonds is 4. The molecular weight excluding hydrogens is 324 g/mol. The van der Waals surface area contributed by atoms with Crippen molar-refractivity contribution in [1.82, 2.24) is 10.3 Å². The predicted molar refractivity (Wildman–Crippen MR) is 80.8 cm³/mol. The molecule has 3 rings (SSSR count). The molecule has 5 heteroatoms. The summed E-state index contributed by atoms with van der Waals surface area (Å²) in [5.41, 5.74) is 1.25. The molecule has 100 valence electrons. The van der Waals surface area contributed by atoms with Crippen molar-refractivity contribution in [3.63, 3.8) is 0 Å². The highest BCUT2D eigenvalue weighted by atomic mass is 79.9. The molecule has 2 aromatic rings. The first-order valence-electron chi connectivity index (χ1n) is 6.37. The summed E-state index contributed by atoms with van der Waals surface area (Å²) in [5.74, 6) is 1.00. The summed E-state index contributed by atoms with van der Waals surface area (Å²) in [4.78, 5) is 4.30. The Morgan fingerprint density at radius 2 is 2.42 bits per heavy atom. The second-order valence-corrected chi connectivity index (χ2v) is 6.40. The highest BCUT2D eigenvalue weighted by Gasteiger charge is 2.21. The molecule has 0 amide bonds. The van der Waals surface area contributed by atoms with Crippen LogP contribution in [-0.2, 0) is 6.42 Å². The van der Waals surface area contributed by atoms with E-state index >= 15 is 0 Å². The van der Waals surface area contributed by atoms with Gasteiger partial charge in [0.25, 0.3) is 0 Å². The van der Waals surface area contributed by atoms with E-state index in [1.807, 2.05) is 23.7 Å². The molecule has 3 nitrogen and oxygen atoms in total. The number of halogens is 1. The van der Waals surface area contributed by atoms with Crippen molar-refractivity contribution in [2.75, 3.05) is 13.2 Å². The molecule has 0 aliphatic carbocycles. The molecule has 2 heterocycles. The Labute approximate surface area is 125 Å². The van der Waals surface area contributed by atoms with Gasteiger partial charge in [-0.25, -0.2) is 4.98 Å². The minimum Gasteiger partial charge on any atom is -0.493 e. The number of benzene rings is 1. The lowest BCUT2D eigenvalue weighted by Gasteiger charge is -2.27. The Morgan fingerprint density at radius 1 is 1.47 bits per heavy atom. The summed E-state index contributed by atoms with van der Waals surface area (Å²) in [6.07, 6.45) is 3.86. The first kappa shape index (κ1) is 13.1. The van der Waals surface area contributed by atoms with Crippen molar-refractivity contribution in [2.45, 2.75) is 18.9 Å². The van der Waals surface area contributed by atoms with Crippen molar-refractivity contribution in [2.24, 2.45) is 0 Å². The second kappa shape index (κ2) is 6.03. The third kappa shape index (κ3) is 3.16. The zero-order chi connectivity index (χ0) is 13.1. The van der Waals surface area contributed by atoms with Crippen LogP contribution in [0.3, 0.4) is 0 Å². The van der Waals surface area contributed by atoms with Crippen LogP contribution in [-0.4, -0.2) is 18.1 Å². The number of nitrogens with zero attached hydrogens (tertiary/aromatic N) is 1. The van der Waals surface area contributed by atoms with Crippen molar-refractivity contribution >= 4 is 27.3 Å². The molecule has 0 saturated carbocycles. The lowest BCUT2D eigenvalue weighted by Crippen LogP contribution is -2.28. The van der Waals surface area contributed by atoms with Crippen LogP contribution in [0.4, 0.5) is 0 Å². The lowest BCUT2D eigenvalue weighted by atomic mass is 10.0. The number of nitrogens with one attached hydrogen (secondary N) is 1. The standard InChI is InChI=1S/C14H15BrN2OS/c15-10-1-2-13-11(9-10)12(4-7-18-13)16-5-3-14-17-6-8-19-14/h1-2,6,8-9,12,16H,3-5,7H2. The highest BCUT2D eigenvalue weighted by Crippen LogP contribution is 2.33. The minimum atomic E-state index is 0.376. The molecule has 0 radical (unpaired) electrons. The molecule has 1 unspecified atom stereocenters. The smallest absolute Gasteiger partial charge is 0.124 e. The van der Waals surface area contributed by atoms with Crippen molar-refractivity contribution < 1.29 is 4.74 Å². The molecule has 0 fully saturated rings. The van der Waals surface area contributed by atoms with Gasteiger partial charge in [-0.15, -0.1) is 11.3 Å². The summed E-state index contributed by atoms with van der Waals surface area (Å²) in [6.45, 7) is 1.73. The third-order valence-corrected chi connectivity index (χ3v) is 4.56. The molecule has 1 aliphatic heterocycles. The Bertz CT molecular complexity index is 544. The number of aromatic nitrogens is 1. The Hall–Kier alpha value is -0.910. The topological polar surface area (TPSA) is 34.2 Å². The first-order valence-corrected chi connectivity index (χ1v) is 8.04. The molecule has 1 aromatic carbocycles. The van der Waals surface area contributed by atoms with Crippen LogP contribution in [0.15, 0.2) is 34.2 Å². The Kier molecular flexibility index (Phi) is 4.15. The number of thiazole rings is 1. The van der Waals surface area contributed by atoms with Gasteiger partial charge in [0.15, 0.2) is 0 Å². The fourth-order valence-electron chi connectivity index (χ4n) is 2.31. The van der Waals surface area contributed by atoms with Crippen LogP contribution in [0, 0.1) is 0 Å². The maximum atomic E-state index is 5.69. The van der Waals surface area contributed by atoms with Gasteiger partial charge in [0.05, 0.1) is 11.6 Å². The van der Waals surface area contributed by atoms with E-state index in [0.717, 1.165) is 36.2 Å². The van der Waals surface area contributed by atoms with Crippen LogP contribution < -0.4 is 10.1 Å². The SMILES string of the molecule is Brc1ccc2c(c1)C(NCCc1nccs1)CCO2. The lowest BCUT2D eigenvalue weighted by molar-refractivity contribution is 0.253. The van der Waals surface area contributed by atoms with E-state index in [1.54, 1.807) is 11.3 Å². The maximum Gasteiger partial charge on any atom is 0.124 e. The van der Waals surface area contributed by atoms with Gasteiger partial charge < -0.3 is 10.1 Å².